The van der Waals surface area contributed by atoms with Crippen LogP contribution in [0.2, 0.25) is 0 Å². The molecule has 0 aliphatic carbocycles. The van der Waals surface area contributed by atoms with E-state index in [0.29, 0.717) is 31.9 Å². The minimum atomic E-state index is -3.64. The highest BCUT2D eigenvalue weighted by Gasteiger charge is 2.19. The van der Waals surface area contributed by atoms with Crippen molar-refractivity contribution in [2.75, 3.05) is 34.0 Å². The fourth-order valence-corrected chi connectivity index (χ4v) is 2.96. The normalized spacial score (nSPS) is 11.4. The molecule has 0 aromatic heterocycles. The van der Waals surface area contributed by atoms with Crippen molar-refractivity contribution in [2.45, 2.75) is 24.7 Å². The van der Waals surface area contributed by atoms with Crippen LogP contribution in [0.3, 0.4) is 0 Å². The maximum absolute atomic E-state index is 12.3. The van der Waals surface area contributed by atoms with Gasteiger partial charge in [-0.15, -0.1) is 0 Å². The van der Waals surface area contributed by atoms with E-state index in [1.54, 1.807) is 12.1 Å². The van der Waals surface area contributed by atoms with Crippen LogP contribution in [0.1, 0.15) is 19.8 Å². The van der Waals surface area contributed by atoms with Gasteiger partial charge in [0.25, 0.3) is 0 Å². The summed E-state index contributed by atoms with van der Waals surface area (Å²) in [7, 11) is -0.726. The molecule has 120 valence electrons. The topological polar surface area (TPSA) is 73.9 Å². The van der Waals surface area contributed by atoms with Crippen molar-refractivity contribution in [3.05, 3.63) is 18.2 Å². The molecular weight excluding hydrogens is 294 g/mol. The van der Waals surface area contributed by atoms with Gasteiger partial charge in [-0.1, -0.05) is 6.92 Å². The quantitative estimate of drug-likeness (QED) is 0.666. The lowest BCUT2D eigenvalue weighted by Gasteiger charge is -2.12. The van der Waals surface area contributed by atoms with E-state index in [9.17, 15) is 8.42 Å². The average molecular weight is 317 g/mol. The molecule has 0 bridgehead atoms. The van der Waals surface area contributed by atoms with Crippen LogP contribution >= 0.6 is 0 Å². The van der Waals surface area contributed by atoms with Crippen LogP contribution in [-0.2, 0) is 14.8 Å². The maximum atomic E-state index is 12.3. The number of benzene rings is 1. The Hall–Kier alpha value is -1.31. The highest BCUT2D eigenvalue weighted by atomic mass is 32.2. The molecule has 6 nitrogen and oxygen atoms in total. The van der Waals surface area contributed by atoms with Gasteiger partial charge < -0.3 is 14.2 Å². The number of methoxy groups -OCH3 is 2. The molecule has 1 aromatic rings. The summed E-state index contributed by atoms with van der Waals surface area (Å²) in [6, 6.07) is 4.66. The second kappa shape index (κ2) is 8.86. The third-order valence-electron chi connectivity index (χ3n) is 2.77. The number of ether oxygens (including phenoxy) is 3. The molecule has 0 radical (unpaired) electrons. The van der Waals surface area contributed by atoms with Crippen LogP contribution in [0.4, 0.5) is 0 Å². The first-order chi connectivity index (χ1) is 10.0. The van der Waals surface area contributed by atoms with Gasteiger partial charge in [0.15, 0.2) is 0 Å². The number of rotatable bonds is 10. The number of hydrogen-bond donors (Lipinski definition) is 1. The Labute approximate surface area is 126 Å². The second-order valence-corrected chi connectivity index (χ2v) is 6.12. The number of hydrogen-bond acceptors (Lipinski definition) is 5. The standard InChI is InChI=1S/C14H23NO5S/c1-4-9-20-10-5-8-15-21(16,17)14-11-12(18-2)6-7-13(14)19-3/h6-7,11,15H,4-5,8-10H2,1-3H3. The highest BCUT2D eigenvalue weighted by Crippen LogP contribution is 2.27. The van der Waals surface area contributed by atoms with Gasteiger partial charge in [-0.3, -0.25) is 0 Å². The molecule has 1 rings (SSSR count). The summed E-state index contributed by atoms with van der Waals surface area (Å²) < 4.78 is 42.5. The van der Waals surface area contributed by atoms with Crippen molar-refractivity contribution < 1.29 is 22.6 Å². The van der Waals surface area contributed by atoms with E-state index in [4.69, 9.17) is 14.2 Å². The van der Waals surface area contributed by atoms with E-state index in [-0.39, 0.29) is 10.6 Å². The fraction of sp³-hybridized carbons (Fsp3) is 0.571. The predicted molar refractivity (Wildman–Crippen MR) is 80.5 cm³/mol. The van der Waals surface area contributed by atoms with E-state index in [1.807, 2.05) is 6.92 Å². The SMILES string of the molecule is CCCOCCCNS(=O)(=O)c1cc(OC)ccc1OC. The van der Waals surface area contributed by atoms with E-state index in [0.717, 1.165) is 6.42 Å². The monoisotopic (exact) mass is 317 g/mol. The molecule has 0 atom stereocenters. The maximum Gasteiger partial charge on any atom is 0.244 e. The predicted octanol–water partition coefficient (Wildman–Crippen LogP) is 1.80. The molecule has 0 spiro atoms. The Kier molecular flexibility index (Phi) is 7.49. The van der Waals surface area contributed by atoms with E-state index in [2.05, 4.69) is 4.72 Å². The van der Waals surface area contributed by atoms with E-state index in [1.165, 1.54) is 20.3 Å². The van der Waals surface area contributed by atoms with Crippen molar-refractivity contribution >= 4 is 10.0 Å². The lowest BCUT2D eigenvalue weighted by molar-refractivity contribution is 0.133. The second-order valence-electron chi connectivity index (χ2n) is 4.38. The Balaban J connectivity index is 2.69. The third kappa shape index (κ3) is 5.53. The van der Waals surface area contributed by atoms with Crippen LogP contribution in [0, 0.1) is 0 Å². The summed E-state index contributed by atoms with van der Waals surface area (Å²) in [4.78, 5) is 0.0684. The van der Waals surface area contributed by atoms with Crippen molar-refractivity contribution in [2.24, 2.45) is 0 Å². The zero-order valence-electron chi connectivity index (χ0n) is 12.7. The van der Waals surface area contributed by atoms with Gasteiger partial charge in [0.05, 0.1) is 14.2 Å². The number of nitrogens with one attached hydrogen (secondary N) is 1. The van der Waals surface area contributed by atoms with E-state index >= 15 is 0 Å². The molecule has 0 fully saturated rings. The third-order valence-corrected chi connectivity index (χ3v) is 4.25. The van der Waals surface area contributed by atoms with Crippen molar-refractivity contribution in [3.63, 3.8) is 0 Å². The summed E-state index contributed by atoms with van der Waals surface area (Å²) in [5, 5.41) is 0. The van der Waals surface area contributed by atoms with Gasteiger partial charge in [-0.2, -0.15) is 0 Å². The Morgan fingerprint density at radius 2 is 1.90 bits per heavy atom. The molecule has 0 unspecified atom stereocenters. The zero-order valence-corrected chi connectivity index (χ0v) is 13.5. The molecule has 0 heterocycles. The van der Waals surface area contributed by atoms with Gasteiger partial charge in [-0.25, -0.2) is 13.1 Å². The van der Waals surface area contributed by atoms with E-state index < -0.39 is 10.0 Å². The zero-order chi connectivity index (χ0) is 15.7. The number of sulfonamides is 1. The molecule has 0 saturated carbocycles. The highest BCUT2D eigenvalue weighted by molar-refractivity contribution is 7.89. The van der Waals surface area contributed by atoms with Crippen LogP contribution in [-0.4, -0.2) is 42.4 Å². The molecule has 7 heteroatoms. The summed E-state index contributed by atoms with van der Waals surface area (Å²) in [6.07, 6.45) is 1.57. The van der Waals surface area contributed by atoms with Gasteiger partial charge in [0, 0.05) is 25.8 Å². The molecule has 21 heavy (non-hydrogen) atoms. The minimum absolute atomic E-state index is 0.0684. The van der Waals surface area contributed by atoms with Crippen molar-refractivity contribution in [1.29, 1.82) is 0 Å². The molecule has 0 amide bonds. The fourth-order valence-electron chi connectivity index (χ4n) is 1.70. The van der Waals surface area contributed by atoms with Crippen LogP contribution < -0.4 is 14.2 Å². The van der Waals surface area contributed by atoms with Gasteiger partial charge in [-0.05, 0) is 25.0 Å². The van der Waals surface area contributed by atoms with Crippen molar-refractivity contribution in [3.8, 4) is 11.5 Å². The lowest BCUT2D eigenvalue weighted by atomic mass is 10.3. The molecule has 0 saturated heterocycles. The molecule has 0 aliphatic heterocycles. The smallest absolute Gasteiger partial charge is 0.244 e. The first-order valence-electron chi connectivity index (χ1n) is 6.84. The first-order valence-corrected chi connectivity index (χ1v) is 8.33. The molecule has 1 N–H and O–H groups in total. The Morgan fingerprint density at radius 1 is 1.14 bits per heavy atom. The van der Waals surface area contributed by atoms with Gasteiger partial charge >= 0.3 is 0 Å². The van der Waals surface area contributed by atoms with Gasteiger partial charge in [0.2, 0.25) is 10.0 Å². The Bertz CT molecular complexity index is 530. The summed E-state index contributed by atoms with van der Waals surface area (Å²) in [5.41, 5.74) is 0. The largest absolute Gasteiger partial charge is 0.497 e. The summed E-state index contributed by atoms with van der Waals surface area (Å²) >= 11 is 0. The molecule has 0 aliphatic rings. The molecule has 1 aromatic carbocycles. The van der Waals surface area contributed by atoms with Crippen LogP contribution in [0.15, 0.2) is 23.1 Å². The summed E-state index contributed by atoms with van der Waals surface area (Å²) in [6.45, 7) is 3.56. The van der Waals surface area contributed by atoms with Gasteiger partial charge in [0.1, 0.15) is 16.4 Å². The van der Waals surface area contributed by atoms with Crippen LogP contribution in [0.5, 0.6) is 11.5 Å². The van der Waals surface area contributed by atoms with Crippen molar-refractivity contribution in [1.82, 2.24) is 4.72 Å². The van der Waals surface area contributed by atoms with Crippen LogP contribution in [0.25, 0.3) is 0 Å². The lowest BCUT2D eigenvalue weighted by Crippen LogP contribution is -2.26. The Morgan fingerprint density at radius 3 is 2.52 bits per heavy atom. The minimum Gasteiger partial charge on any atom is -0.497 e. The first kappa shape index (κ1) is 17.7. The summed E-state index contributed by atoms with van der Waals surface area (Å²) in [5.74, 6) is 0.744. The average Bonchev–Trinajstić information content (AvgIpc) is 2.50. The molecular formula is C14H23NO5S.